The van der Waals surface area contributed by atoms with Crippen LogP contribution in [0.25, 0.3) is 17.2 Å². The number of rotatable bonds is 8. The van der Waals surface area contributed by atoms with Crippen LogP contribution >= 0.6 is 0 Å². The van der Waals surface area contributed by atoms with Crippen LogP contribution in [0.2, 0.25) is 0 Å². The van der Waals surface area contributed by atoms with Crippen molar-refractivity contribution >= 4 is 17.9 Å². The molecule has 166 valence electrons. The zero-order chi connectivity index (χ0) is 23.2. The number of esters is 1. The van der Waals surface area contributed by atoms with E-state index >= 15 is 0 Å². The summed E-state index contributed by atoms with van der Waals surface area (Å²) in [5, 5.41) is 0. The van der Waals surface area contributed by atoms with Crippen molar-refractivity contribution in [2.75, 3.05) is 13.2 Å². The molecule has 5 heteroatoms. The minimum absolute atomic E-state index is 0.232. The van der Waals surface area contributed by atoms with Gasteiger partial charge in [-0.15, -0.1) is 0 Å². The van der Waals surface area contributed by atoms with E-state index in [4.69, 9.17) is 14.2 Å². The first-order valence-electron chi connectivity index (χ1n) is 10.8. The Labute approximate surface area is 193 Å². The highest BCUT2D eigenvalue weighted by Gasteiger charge is 2.24. The minimum atomic E-state index is -0.488. The van der Waals surface area contributed by atoms with Crippen molar-refractivity contribution in [2.24, 2.45) is 4.99 Å². The first-order valence-corrected chi connectivity index (χ1v) is 10.8. The molecule has 0 saturated heterocycles. The first-order chi connectivity index (χ1) is 16.0. The van der Waals surface area contributed by atoms with E-state index < -0.39 is 5.97 Å². The highest BCUT2D eigenvalue weighted by Crippen LogP contribution is 2.30. The number of aliphatic imine (C=N–C) groups is 1. The normalized spacial score (nSPS) is 14.1. The molecular formula is C28H25NO4. The fraction of sp³-hybridized carbons (Fsp3) is 0.143. The van der Waals surface area contributed by atoms with E-state index in [0.29, 0.717) is 24.7 Å². The molecule has 0 saturated carbocycles. The molecule has 1 heterocycles. The van der Waals surface area contributed by atoms with E-state index in [2.05, 4.69) is 11.6 Å². The lowest BCUT2D eigenvalue weighted by atomic mass is 10.0. The topological polar surface area (TPSA) is 57.1 Å². The predicted octanol–water partition coefficient (Wildman–Crippen LogP) is 6.05. The predicted molar refractivity (Wildman–Crippen MR) is 130 cm³/mol. The summed E-state index contributed by atoms with van der Waals surface area (Å²) < 4.78 is 16.9. The van der Waals surface area contributed by atoms with Gasteiger partial charge in [0.15, 0.2) is 17.2 Å². The Balaban J connectivity index is 1.56. The van der Waals surface area contributed by atoms with Gasteiger partial charge >= 0.3 is 5.97 Å². The number of hydrogen-bond donors (Lipinski definition) is 0. The average Bonchev–Trinajstić information content (AvgIpc) is 3.19. The summed E-state index contributed by atoms with van der Waals surface area (Å²) in [6.45, 7) is 8.55. The SMILES string of the molecule is C=C(C)COc1ccc(/C=C2\N=C(c3ccc(-c4ccccc4)cc3)OC2=O)cc1OCC. The van der Waals surface area contributed by atoms with E-state index in [-0.39, 0.29) is 11.6 Å². The van der Waals surface area contributed by atoms with Crippen molar-refractivity contribution < 1.29 is 19.0 Å². The van der Waals surface area contributed by atoms with Gasteiger partial charge in [0.2, 0.25) is 5.90 Å². The fourth-order valence-corrected chi connectivity index (χ4v) is 3.33. The van der Waals surface area contributed by atoms with Crippen molar-refractivity contribution in [3.63, 3.8) is 0 Å². The van der Waals surface area contributed by atoms with Gasteiger partial charge < -0.3 is 14.2 Å². The second kappa shape index (κ2) is 10.0. The molecule has 1 aliphatic rings. The van der Waals surface area contributed by atoms with E-state index in [0.717, 1.165) is 27.8 Å². The monoisotopic (exact) mass is 439 g/mol. The Bertz CT molecular complexity index is 1220. The largest absolute Gasteiger partial charge is 0.490 e. The van der Waals surface area contributed by atoms with Crippen LogP contribution in [0.3, 0.4) is 0 Å². The molecule has 0 N–H and O–H groups in total. The third-order valence-corrected chi connectivity index (χ3v) is 4.90. The highest BCUT2D eigenvalue weighted by molar-refractivity contribution is 6.13. The molecule has 1 aliphatic heterocycles. The zero-order valence-corrected chi connectivity index (χ0v) is 18.7. The van der Waals surface area contributed by atoms with Crippen LogP contribution in [0.1, 0.15) is 25.0 Å². The molecule has 0 atom stereocenters. The van der Waals surface area contributed by atoms with Gasteiger partial charge in [-0.1, -0.05) is 55.1 Å². The number of ether oxygens (including phenoxy) is 3. The number of cyclic esters (lactones) is 1. The number of carbonyl (C=O) groups excluding carboxylic acids is 1. The first kappa shape index (κ1) is 22.1. The lowest BCUT2D eigenvalue weighted by molar-refractivity contribution is -0.129. The summed E-state index contributed by atoms with van der Waals surface area (Å²) in [6.07, 6.45) is 1.68. The molecule has 5 nitrogen and oxygen atoms in total. The fourth-order valence-electron chi connectivity index (χ4n) is 3.33. The van der Waals surface area contributed by atoms with Crippen LogP contribution in [0.4, 0.5) is 0 Å². The van der Waals surface area contributed by atoms with E-state index in [1.165, 1.54) is 0 Å². The molecule has 3 aromatic rings. The molecular weight excluding hydrogens is 414 g/mol. The molecule has 4 rings (SSSR count). The van der Waals surface area contributed by atoms with Crippen LogP contribution in [0.15, 0.2) is 95.6 Å². The van der Waals surface area contributed by atoms with Crippen LogP contribution < -0.4 is 9.47 Å². The quantitative estimate of drug-likeness (QED) is 0.243. The second-order valence-corrected chi connectivity index (χ2v) is 7.66. The summed E-state index contributed by atoms with van der Waals surface area (Å²) in [7, 11) is 0. The highest BCUT2D eigenvalue weighted by atomic mass is 16.6. The molecule has 0 amide bonds. The third kappa shape index (κ3) is 5.39. The van der Waals surface area contributed by atoms with Gasteiger partial charge in [-0.2, -0.15) is 0 Å². The minimum Gasteiger partial charge on any atom is -0.490 e. The van der Waals surface area contributed by atoms with Crippen LogP contribution in [0.5, 0.6) is 11.5 Å². The number of nitrogens with zero attached hydrogens (tertiary/aromatic N) is 1. The lowest BCUT2D eigenvalue weighted by Crippen LogP contribution is -2.05. The Morgan fingerprint density at radius 3 is 2.33 bits per heavy atom. The van der Waals surface area contributed by atoms with E-state index in [9.17, 15) is 4.79 Å². The van der Waals surface area contributed by atoms with Gasteiger partial charge in [-0.05, 0) is 66.5 Å². The summed E-state index contributed by atoms with van der Waals surface area (Å²) in [5.41, 5.74) is 4.85. The maximum atomic E-state index is 12.4. The van der Waals surface area contributed by atoms with Gasteiger partial charge in [0, 0.05) is 5.56 Å². The summed E-state index contributed by atoms with van der Waals surface area (Å²) >= 11 is 0. The Morgan fingerprint density at radius 2 is 1.64 bits per heavy atom. The molecule has 0 aliphatic carbocycles. The Morgan fingerprint density at radius 1 is 0.939 bits per heavy atom. The number of benzene rings is 3. The average molecular weight is 440 g/mol. The van der Waals surface area contributed by atoms with Gasteiger partial charge in [0.1, 0.15) is 6.61 Å². The Kier molecular flexibility index (Phi) is 6.69. The smallest absolute Gasteiger partial charge is 0.363 e. The lowest BCUT2D eigenvalue weighted by Gasteiger charge is -2.12. The molecule has 0 aromatic heterocycles. The van der Waals surface area contributed by atoms with Crippen LogP contribution in [0, 0.1) is 0 Å². The van der Waals surface area contributed by atoms with Gasteiger partial charge in [-0.25, -0.2) is 9.79 Å². The van der Waals surface area contributed by atoms with Crippen molar-refractivity contribution in [1.29, 1.82) is 0 Å². The van der Waals surface area contributed by atoms with Gasteiger partial charge in [0.05, 0.1) is 6.61 Å². The van der Waals surface area contributed by atoms with Crippen molar-refractivity contribution in [3.8, 4) is 22.6 Å². The molecule has 0 unspecified atom stereocenters. The number of hydrogen-bond acceptors (Lipinski definition) is 5. The van der Waals surface area contributed by atoms with Crippen molar-refractivity contribution in [3.05, 3.63) is 102 Å². The summed E-state index contributed by atoms with van der Waals surface area (Å²) in [6, 6.07) is 23.3. The van der Waals surface area contributed by atoms with E-state index in [1.54, 1.807) is 6.08 Å². The van der Waals surface area contributed by atoms with Gasteiger partial charge in [-0.3, -0.25) is 0 Å². The Hall–Kier alpha value is -4.12. The maximum absolute atomic E-state index is 12.4. The maximum Gasteiger partial charge on any atom is 0.363 e. The third-order valence-electron chi connectivity index (χ3n) is 4.90. The molecule has 0 radical (unpaired) electrons. The van der Waals surface area contributed by atoms with Crippen LogP contribution in [-0.2, 0) is 9.53 Å². The molecule has 3 aromatic carbocycles. The second-order valence-electron chi connectivity index (χ2n) is 7.66. The van der Waals surface area contributed by atoms with Crippen LogP contribution in [-0.4, -0.2) is 25.1 Å². The van der Waals surface area contributed by atoms with Gasteiger partial charge in [0.25, 0.3) is 0 Å². The summed E-state index contributed by atoms with van der Waals surface area (Å²) in [4.78, 5) is 16.9. The van der Waals surface area contributed by atoms with Crippen molar-refractivity contribution in [2.45, 2.75) is 13.8 Å². The molecule has 0 bridgehead atoms. The molecule has 0 spiro atoms. The number of carbonyl (C=O) groups is 1. The van der Waals surface area contributed by atoms with E-state index in [1.807, 2.05) is 86.6 Å². The summed E-state index contributed by atoms with van der Waals surface area (Å²) in [5.74, 6) is 1.02. The van der Waals surface area contributed by atoms with Crippen molar-refractivity contribution in [1.82, 2.24) is 0 Å². The molecule has 33 heavy (non-hydrogen) atoms. The standard InChI is InChI=1S/C28H25NO4/c1-4-31-26-17-20(10-15-25(26)32-18-19(2)3)16-24-28(30)33-27(29-24)23-13-11-22(12-14-23)21-8-6-5-7-9-21/h5-17H,2,4,18H2,1,3H3/b24-16-. The zero-order valence-electron chi connectivity index (χ0n) is 18.7. The molecule has 0 fully saturated rings.